The molecule has 0 aliphatic carbocycles. The van der Waals surface area contributed by atoms with Crippen LogP contribution in [0.4, 0.5) is 0 Å². The molecule has 1 N–H and O–H groups in total. The van der Waals surface area contributed by atoms with Gasteiger partial charge in [0.2, 0.25) is 11.8 Å². The molecule has 3 atom stereocenters. The number of likely N-dealkylation sites (tertiary alicyclic amines) is 2. The number of piperidine rings is 1. The molecule has 3 aliphatic heterocycles. The number of amides is 2. The minimum absolute atomic E-state index is 0.0428. The van der Waals surface area contributed by atoms with Gasteiger partial charge in [-0.1, -0.05) is 18.2 Å². The number of nitrogens with zero attached hydrogens (tertiary/aromatic N) is 2. The average Bonchev–Trinajstić information content (AvgIpc) is 3.12. The van der Waals surface area contributed by atoms with E-state index in [4.69, 9.17) is 4.74 Å². The van der Waals surface area contributed by atoms with Gasteiger partial charge in [0.1, 0.15) is 5.75 Å². The van der Waals surface area contributed by atoms with Crippen molar-refractivity contribution in [2.24, 2.45) is 17.8 Å². The van der Waals surface area contributed by atoms with E-state index in [1.54, 1.807) is 0 Å². The Kier molecular flexibility index (Phi) is 6.70. The van der Waals surface area contributed by atoms with E-state index in [1.807, 2.05) is 35.2 Å². The van der Waals surface area contributed by atoms with E-state index in [0.717, 1.165) is 76.0 Å². The van der Waals surface area contributed by atoms with E-state index < -0.39 is 0 Å². The summed E-state index contributed by atoms with van der Waals surface area (Å²) in [6.07, 6.45) is 4.37. The van der Waals surface area contributed by atoms with Crippen molar-refractivity contribution in [1.82, 2.24) is 15.1 Å². The Labute approximate surface area is 173 Å². The number of carbonyl (C=O) groups excluding carboxylic acids is 2. The fourth-order valence-electron chi connectivity index (χ4n) is 5.03. The molecule has 1 unspecified atom stereocenters. The molecular weight excluding hydrogens is 366 g/mol. The second-order valence-corrected chi connectivity index (χ2v) is 8.67. The van der Waals surface area contributed by atoms with Crippen LogP contribution in [0.2, 0.25) is 0 Å². The lowest BCUT2D eigenvalue weighted by Gasteiger charge is -2.35. The SMILES string of the molecule is O=C(CCOc1ccccc1)N1CCCC(C(=O)N2CC[C@@H]3CNC[C@@H]3CC2)C1. The zero-order valence-corrected chi connectivity index (χ0v) is 17.2. The van der Waals surface area contributed by atoms with Gasteiger partial charge in [-0.25, -0.2) is 0 Å². The van der Waals surface area contributed by atoms with Crippen LogP contribution >= 0.6 is 0 Å². The summed E-state index contributed by atoms with van der Waals surface area (Å²) in [6.45, 7) is 5.64. The molecule has 6 nitrogen and oxygen atoms in total. The van der Waals surface area contributed by atoms with Crippen LogP contribution in [0.3, 0.4) is 0 Å². The normalized spacial score (nSPS) is 27.2. The number of para-hydroxylation sites is 1. The van der Waals surface area contributed by atoms with Gasteiger partial charge < -0.3 is 19.9 Å². The third-order valence-electron chi connectivity index (χ3n) is 6.78. The second-order valence-electron chi connectivity index (χ2n) is 8.67. The van der Waals surface area contributed by atoms with Gasteiger partial charge in [-0.05, 0) is 62.7 Å². The van der Waals surface area contributed by atoms with Gasteiger partial charge in [-0.15, -0.1) is 0 Å². The first-order valence-corrected chi connectivity index (χ1v) is 11.2. The van der Waals surface area contributed by atoms with E-state index in [-0.39, 0.29) is 17.7 Å². The zero-order valence-electron chi connectivity index (χ0n) is 17.2. The molecule has 3 fully saturated rings. The summed E-state index contributed by atoms with van der Waals surface area (Å²) in [7, 11) is 0. The molecular formula is C23H33N3O3. The van der Waals surface area contributed by atoms with Gasteiger partial charge in [0, 0.05) is 26.2 Å². The number of fused-ring (bicyclic) bond motifs is 1. The number of benzene rings is 1. The van der Waals surface area contributed by atoms with Crippen molar-refractivity contribution in [3.05, 3.63) is 30.3 Å². The van der Waals surface area contributed by atoms with Crippen molar-refractivity contribution >= 4 is 11.8 Å². The van der Waals surface area contributed by atoms with E-state index in [2.05, 4.69) is 10.2 Å². The van der Waals surface area contributed by atoms with E-state index in [9.17, 15) is 9.59 Å². The summed E-state index contributed by atoms with van der Waals surface area (Å²) in [5.74, 6) is 2.54. The molecule has 3 heterocycles. The maximum atomic E-state index is 13.1. The monoisotopic (exact) mass is 399 g/mol. The highest BCUT2D eigenvalue weighted by molar-refractivity contribution is 5.81. The summed E-state index contributed by atoms with van der Waals surface area (Å²) in [5, 5.41) is 3.49. The molecule has 4 rings (SSSR count). The lowest BCUT2D eigenvalue weighted by atomic mass is 9.92. The minimum atomic E-state index is -0.0428. The molecule has 0 saturated carbocycles. The predicted octanol–water partition coefficient (Wildman–Crippen LogP) is 2.15. The molecule has 3 aliphatic rings. The standard InChI is InChI=1S/C23H33N3O3/c27-22(10-14-29-21-6-2-1-3-7-21)26-11-4-5-20(17-26)23(28)25-12-8-18-15-24-16-19(18)9-13-25/h1-3,6-7,18-20,24H,4-5,8-17H2/t18-,19+,20?. The lowest BCUT2D eigenvalue weighted by Crippen LogP contribution is -2.47. The van der Waals surface area contributed by atoms with Crippen molar-refractivity contribution in [2.75, 3.05) is 45.9 Å². The van der Waals surface area contributed by atoms with Gasteiger partial charge in [-0.2, -0.15) is 0 Å². The van der Waals surface area contributed by atoms with Crippen molar-refractivity contribution in [3.63, 3.8) is 0 Å². The quantitative estimate of drug-likeness (QED) is 0.824. The Bertz CT molecular complexity index is 682. The Morgan fingerprint density at radius 3 is 2.41 bits per heavy atom. The first-order chi connectivity index (χ1) is 14.2. The Morgan fingerprint density at radius 1 is 0.966 bits per heavy atom. The number of ether oxygens (including phenoxy) is 1. The van der Waals surface area contributed by atoms with E-state index in [1.165, 1.54) is 0 Å². The Hall–Kier alpha value is -2.08. The van der Waals surface area contributed by atoms with Crippen molar-refractivity contribution in [3.8, 4) is 5.75 Å². The molecule has 2 amide bonds. The van der Waals surface area contributed by atoms with E-state index in [0.29, 0.717) is 19.6 Å². The van der Waals surface area contributed by atoms with Crippen LogP contribution in [0.15, 0.2) is 30.3 Å². The highest BCUT2D eigenvalue weighted by Gasteiger charge is 2.35. The molecule has 3 saturated heterocycles. The molecule has 1 aromatic carbocycles. The molecule has 6 heteroatoms. The van der Waals surface area contributed by atoms with E-state index >= 15 is 0 Å². The first-order valence-electron chi connectivity index (χ1n) is 11.2. The molecule has 0 bridgehead atoms. The Morgan fingerprint density at radius 2 is 1.69 bits per heavy atom. The maximum absolute atomic E-state index is 13.1. The topological polar surface area (TPSA) is 61.9 Å². The van der Waals surface area contributed by atoms with Crippen molar-refractivity contribution in [1.29, 1.82) is 0 Å². The van der Waals surface area contributed by atoms with Crippen LogP contribution in [-0.4, -0.2) is 67.5 Å². The zero-order chi connectivity index (χ0) is 20.1. The smallest absolute Gasteiger partial charge is 0.227 e. The number of hydrogen-bond donors (Lipinski definition) is 1. The van der Waals surface area contributed by atoms with Gasteiger partial charge in [0.15, 0.2) is 0 Å². The van der Waals surface area contributed by atoms with Crippen molar-refractivity contribution < 1.29 is 14.3 Å². The molecule has 29 heavy (non-hydrogen) atoms. The molecule has 0 radical (unpaired) electrons. The van der Waals surface area contributed by atoms with Crippen LogP contribution < -0.4 is 10.1 Å². The summed E-state index contributed by atoms with van der Waals surface area (Å²) in [6, 6.07) is 9.57. The maximum Gasteiger partial charge on any atom is 0.227 e. The minimum Gasteiger partial charge on any atom is -0.493 e. The number of hydrogen-bond acceptors (Lipinski definition) is 4. The van der Waals surface area contributed by atoms with Crippen molar-refractivity contribution in [2.45, 2.75) is 32.1 Å². The van der Waals surface area contributed by atoms with Crippen LogP contribution in [-0.2, 0) is 9.59 Å². The highest BCUT2D eigenvalue weighted by atomic mass is 16.5. The van der Waals surface area contributed by atoms with Gasteiger partial charge in [-0.3, -0.25) is 9.59 Å². The third kappa shape index (κ3) is 5.10. The van der Waals surface area contributed by atoms with Crippen LogP contribution in [0.1, 0.15) is 32.1 Å². The number of nitrogens with one attached hydrogen (secondary N) is 1. The Balaban J connectivity index is 1.25. The van der Waals surface area contributed by atoms with Crippen LogP contribution in [0.25, 0.3) is 0 Å². The fourth-order valence-corrected chi connectivity index (χ4v) is 5.03. The average molecular weight is 400 g/mol. The van der Waals surface area contributed by atoms with Gasteiger partial charge in [0.25, 0.3) is 0 Å². The third-order valence-corrected chi connectivity index (χ3v) is 6.78. The largest absolute Gasteiger partial charge is 0.493 e. The lowest BCUT2D eigenvalue weighted by molar-refractivity contribution is -0.141. The first kappa shape index (κ1) is 20.2. The summed E-state index contributed by atoms with van der Waals surface area (Å²) < 4.78 is 5.66. The predicted molar refractivity (Wildman–Crippen MR) is 112 cm³/mol. The molecule has 0 spiro atoms. The van der Waals surface area contributed by atoms with Crippen LogP contribution in [0, 0.1) is 17.8 Å². The molecule has 1 aromatic rings. The fraction of sp³-hybridized carbons (Fsp3) is 0.652. The van der Waals surface area contributed by atoms with Gasteiger partial charge >= 0.3 is 0 Å². The van der Waals surface area contributed by atoms with Gasteiger partial charge in [0.05, 0.1) is 18.9 Å². The summed E-state index contributed by atoms with van der Waals surface area (Å²) in [4.78, 5) is 29.7. The highest BCUT2D eigenvalue weighted by Crippen LogP contribution is 2.29. The van der Waals surface area contributed by atoms with Crippen LogP contribution in [0.5, 0.6) is 5.75 Å². The second kappa shape index (κ2) is 9.61. The number of rotatable bonds is 5. The molecule has 0 aromatic heterocycles. The molecule has 158 valence electrons. The number of carbonyl (C=O) groups is 2. The summed E-state index contributed by atoms with van der Waals surface area (Å²) >= 11 is 0. The summed E-state index contributed by atoms with van der Waals surface area (Å²) in [5.41, 5.74) is 0.